The second-order valence-corrected chi connectivity index (χ2v) is 6.52. The van der Waals surface area contributed by atoms with Gasteiger partial charge in [-0.05, 0) is 36.5 Å². The van der Waals surface area contributed by atoms with E-state index in [0.29, 0.717) is 18.6 Å². The van der Waals surface area contributed by atoms with Crippen LogP contribution in [0.25, 0.3) is 0 Å². The highest BCUT2D eigenvalue weighted by molar-refractivity contribution is 5.88. The Morgan fingerprint density at radius 1 is 1.21 bits per heavy atom. The van der Waals surface area contributed by atoms with E-state index in [1.807, 2.05) is 32.9 Å². The van der Waals surface area contributed by atoms with Crippen molar-refractivity contribution in [3.63, 3.8) is 0 Å². The van der Waals surface area contributed by atoms with Gasteiger partial charge in [0.15, 0.2) is 6.61 Å². The number of hydrogen-bond donors (Lipinski definition) is 3. The molecule has 2 bridgehead atoms. The standard InChI is InChI=1S/C18H26N2O4/c1-4-15(21)14-9-12-5-7-13(8-6-12)24-10-16(22)20-17(11(2)3)18(23)19-14/h5-8,11,14-15,17,21H,4,9-10H2,1-3H3,(H,19,23)(H,20,22)/t14?,15?,17-/m0/s1. The van der Waals surface area contributed by atoms with Crippen molar-refractivity contribution in [2.45, 2.75) is 51.8 Å². The molecule has 0 saturated carbocycles. The highest BCUT2D eigenvalue weighted by atomic mass is 16.5. The number of carbonyl (C=O) groups excluding carboxylic acids is 2. The van der Waals surface area contributed by atoms with Crippen molar-refractivity contribution >= 4 is 11.8 Å². The molecule has 2 unspecified atom stereocenters. The number of fused-ring (bicyclic) bond motifs is 10. The fourth-order valence-electron chi connectivity index (χ4n) is 2.71. The molecule has 2 heterocycles. The topological polar surface area (TPSA) is 87.7 Å². The number of benzene rings is 1. The predicted octanol–water partition coefficient (Wildman–Crippen LogP) is 1.02. The Kier molecular flexibility index (Phi) is 6.20. The summed E-state index contributed by atoms with van der Waals surface area (Å²) in [5, 5.41) is 15.9. The van der Waals surface area contributed by atoms with Gasteiger partial charge in [0.2, 0.25) is 5.91 Å². The smallest absolute Gasteiger partial charge is 0.258 e. The first kappa shape index (κ1) is 18.3. The van der Waals surface area contributed by atoms with E-state index in [4.69, 9.17) is 4.74 Å². The molecule has 0 saturated heterocycles. The summed E-state index contributed by atoms with van der Waals surface area (Å²) in [5.74, 6) is -0.112. The molecule has 3 atom stereocenters. The van der Waals surface area contributed by atoms with Crippen molar-refractivity contribution < 1.29 is 19.4 Å². The van der Waals surface area contributed by atoms with Gasteiger partial charge in [0, 0.05) is 0 Å². The predicted molar refractivity (Wildman–Crippen MR) is 90.6 cm³/mol. The lowest BCUT2D eigenvalue weighted by molar-refractivity contribution is -0.131. The van der Waals surface area contributed by atoms with E-state index in [1.165, 1.54) is 0 Å². The Labute approximate surface area is 142 Å². The molecule has 0 radical (unpaired) electrons. The van der Waals surface area contributed by atoms with Crippen molar-refractivity contribution in [2.24, 2.45) is 5.92 Å². The van der Waals surface area contributed by atoms with Crippen LogP contribution in [-0.4, -0.2) is 41.7 Å². The Bertz CT molecular complexity index is 571. The van der Waals surface area contributed by atoms with Crippen LogP contribution in [0.15, 0.2) is 24.3 Å². The van der Waals surface area contributed by atoms with E-state index in [-0.39, 0.29) is 24.3 Å². The van der Waals surface area contributed by atoms with Crippen LogP contribution in [0, 0.1) is 5.92 Å². The van der Waals surface area contributed by atoms with Gasteiger partial charge in [0.05, 0.1) is 12.1 Å². The second-order valence-electron chi connectivity index (χ2n) is 6.52. The summed E-state index contributed by atoms with van der Waals surface area (Å²) < 4.78 is 5.45. The molecule has 0 spiro atoms. The van der Waals surface area contributed by atoms with Crippen LogP contribution in [0.3, 0.4) is 0 Å². The van der Waals surface area contributed by atoms with E-state index in [0.717, 1.165) is 5.56 Å². The lowest BCUT2D eigenvalue weighted by Gasteiger charge is -2.27. The first-order valence-electron chi connectivity index (χ1n) is 8.40. The zero-order valence-corrected chi connectivity index (χ0v) is 14.4. The van der Waals surface area contributed by atoms with Crippen LogP contribution in [0.2, 0.25) is 0 Å². The fraction of sp³-hybridized carbons (Fsp3) is 0.556. The lowest BCUT2D eigenvalue weighted by Crippen LogP contribution is -2.55. The zero-order chi connectivity index (χ0) is 17.7. The first-order chi connectivity index (χ1) is 11.4. The minimum absolute atomic E-state index is 0.0771. The van der Waals surface area contributed by atoms with Gasteiger partial charge in [-0.3, -0.25) is 9.59 Å². The normalized spacial score (nSPS) is 23.4. The van der Waals surface area contributed by atoms with Gasteiger partial charge < -0.3 is 20.5 Å². The van der Waals surface area contributed by atoms with Crippen molar-refractivity contribution in [3.8, 4) is 5.75 Å². The second kappa shape index (κ2) is 8.15. The molecule has 2 aliphatic rings. The molecule has 24 heavy (non-hydrogen) atoms. The van der Waals surface area contributed by atoms with Crippen molar-refractivity contribution in [3.05, 3.63) is 29.8 Å². The van der Waals surface area contributed by atoms with Gasteiger partial charge in [0.25, 0.3) is 5.91 Å². The Balaban J connectivity index is 2.30. The van der Waals surface area contributed by atoms with Gasteiger partial charge in [0.1, 0.15) is 11.8 Å². The van der Waals surface area contributed by atoms with Crippen LogP contribution in [0.1, 0.15) is 32.8 Å². The molecule has 6 nitrogen and oxygen atoms in total. The average molecular weight is 334 g/mol. The Morgan fingerprint density at radius 3 is 2.46 bits per heavy atom. The molecule has 0 aromatic heterocycles. The lowest BCUT2D eigenvalue weighted by atomic mass is 9.97. The summed E-state index contributed by atoms with van der Waals surface area (Å²) in [4.78, 5) is 24.7. The molecule has 1 aromatic carbocycles. The molecule has 2 amide bonds. The first-order valence-corrected chi connectivity index (χ1v) is 8.40. The largest absolute Gasteiger partial charge is 0.484 e. The molecular weight excluding hydrogens is 308 g/mol. The van der Waals surface area contributed by atoms with Crippen LogP contribution in [0.5, 0.6) is 5.75 Å². The Morgan fingerprint density at radius 2 is 1.88 bits per heavy atom. The number of aliphatic hydroxyl groups excluding tert-OH is 1. The van der Waals surface area contributed by atoms with Crippen LogP contribution < -0.4 is 15.4 Å². The van der Waals surface area contributed by atoms with Gasteiger partial charge in [-0.2, -0.15) is 0 Å². The van der Waals surface area contributed by atoms with E-state index >= 15 is 0 Å². The maximum atomic E-state index is 12.6. The molecule has 0 fully saturated rings. The quantitative estimate of drug-likeness (QED) is 0.720. The van der Waals surface area contributed by atoms with Crippen molar-refractivity contribution in [2.75, 3.05) is 6.61 Å². The number of hydrogen-bond acceptors (Lipinski definition) is 4. The molecule has 6 heteroatoms. The summed E-state index contributed by atoms with van der Waals surface area (Å²) in [6.07, 6.45) is 0.392. The molecule has 3 N–H and O–H groups in total. The molecule has 3 rings (SSSR count). The van der Waals surface area contributed by atoms with Crippen molar-refractivity contribution in [1.29, 1.82) is 0 Å². The highest BCUT2D eigenvalue weighted by Gasteiger charge is 2.28. The van der Waals surface area contributed by atoms with Crippen LogP contribution in [0.4, 0.5) is 0 Å². The summed E-state index contributed by atoms with van der Waals surface area (Å²) in [6, 6.07) is 6.27. The number of aliphatic hydroxyl groups is 1. The fourth-order valence-corrected chi connectivity index (χ4v) is 2.71. The van der Waals surface area contributed by atoms with Crippen molar-refractivity contribution in [1.82, 2.24) is 10.6 Å². The van der Waals surface area contributed by atoms with Gasteiger partial charge in [-0.25, -0.2) is 0 Å². The Hall–Kier alpha value is -2.08. The SMILES string of the molecule is CCC(O)C1Cc2ccc(cc2)OCC(=O)N[C@@H](C(C)C)C(=O)N1. The minimum atomic E-state index is -0.665. The number of carbonyl (C=O) groups is 2. The summed E-state index contributed by atoms with van der Waals surface area (Å²) in [5.41, 5.74) is 0.986. The third-order valence-electron chi connectivity index (χ3n) is 4.22. The monoisotopic (exact) mass is 334 g/mol. The maximum absolute atomic E-state index is 12.6. The molecular formula is C18H26N2O4. The van der Waals surface area contributed by atoms with E-state index in [1.54, 1.807) is 12.1 Å². The number of ether oxygens (including phenoxy) is 1. The number of rotatable bonds is 3. The summed E-state index contributed by atoms with van der Waals surface area (Å²) in [7, 11) is 0. The zero-order valence-electron chi connectivity index (χ0n) is 14.4. The number of nitrogens with one attached hydrogen (secondary N) is 2. The molecule has 0 aliphatic carbocycles. The molecule has 132 valence electrons. The number of amides is 2. The third kappa shape index (κ3) is 4.71. The van der Waals surface area contributed by atoms with Crippen LogP contribution >= 0.6 is 0 Å². The molecule has 2 aliphatic heterocycles. The van der Waals surface area contributed by atoms with Gasteiger partial charge >= 0.3 is 0 Å². The minimum Gasteiger partial charge on any atom is -0.484 e. The van der Waals surface area contributed by atoms with E-state index in [9.17, 15) is 14.7 Å². The summed E-state index contributed by atoms with van der Waals surface area (Å²) in [6.45, 7) is 5.46. The van der Waals surface area contributed by atoms with Crippen LogP contribution in [-0.2, 0) is 16.0 Å². The maximum Gasteiger partial charge on any atom is 0.258 e. The highest BCUT2D eigenvalue weighted by Crippen LogP contribution is 2.16. The van der Waals surface area contributed by atoms with Gasteiger partial charge in [-0.15, -0.1) is 0 Å². The molecule has 1 aromatic rings. The third-order valence-corrected chi connectivity index (χ3v) is 4.22. The summed E-state index contributed by atoms with van der Waals surface area (Å²) >= 11 is 0. The van der Waals surface area contributed by atoms with Gasteiger partial charge in [-0.1, -0.05) is 32.9 Å². The van der Waals surface area contributed by atoms with E-state index in [2.05, 4.69) is 10.6 Å². The average Bonchev–Trinajstić information content (AvgIpc) is 2.58. The van der Waals surface area contributed by atoms with E-state index < -0.39 is 18.2 Å².